The lowest BCUT2D eigenvalue weighted by Crippen LogP contribution is -2.42. The number of likely N-dealkylation sites (tertiary alicyclic amines) is 1. The van der Waals surface area contributed by atoms with E-state index in [1.807, 2.05) is 12.1 Å². The van der Waals surface area contributed by atoms with Crippen molar-refractivity contribution in [3.05, 3.63) is 34.9 Å². The topological polar surface area (TPSA) is 15.3 Å². The Labute approximate surface area is 153 Å². The minimum absolute atomic E-state index is 0.505. The SMILES string of the molecule is CN1CCC(NCCC2(Cc3ccc(Cl)cc3)CCCCC2)CC1. The van der Waals surface area contributed by atoms with Crippen molar-refractivity contribution in [1.29, 1.82) is 0 Å². The first-order valence-corrected chi connectivity index (χ1v) is 10.2. The van der Waals surface area contributed by atoms with Gasteiger partial charge in [0.1, 0.15) is 0 Å². The maximum Gasteiger partial charge on any atom is 0.0406 e. The number of piperidine rings is 1. The van der Waals surface area contributed by atoms with E-state index in [9.17, 15) is 0 Å². The molecule has 3 rings (SSSR count). The van der Waals surface area contributed by atoms with Crippen LogP contribution in [0.3, 0.4) is 0 Å². The molecule has 1 aromatic rings. The number of hydrogen-bond donors (Lipinski definition) is 1. The fourth-order valence-corrected chi connectivity index (χ4v) is 4.73. The Kier molecular flexibility index (Phi) is 6.60. The fraction of sp³-hybridized carbons (Fsp3) is 0.714. The summed E-state index contributed by atoms with van der Waals surface area (Å²) in [6, 6.07) is 9.28. The lowest BCUT2D eigenvalue weighted by molar-refractivity contribution is 0.162. The number of benzene rings is 1. The number of nitrogens with one attached hydrogen (secondary N) is 1. The average Bonchev–Trinajstić information content (AvgIpc) is 2.60. The Bertz CT molecular complexity index is 485. The standard InChI is InChI=1S/C21H33ClN2/c1-24-15-9-20(10-16-24)23-14-13-21(11-3-2-4-12-21)17-18-5-7-19(22)8-6-18/h5-8,20,23H,2-4,9-17H2,1H3. The van der Waals surface area contributed by atoms with E-state index in [0.717, 1.165) is 11.1 Å². The highest BCUT2D eigenvalue weighted by Crippen LogP contribution is 2.42. The Morgan fingerprint density at radius 3 is 2.42 bits per heavy atom. The van der Waals surface area contributed by atoms with Gasteiger partial charge in [-0.05, 0) is 88.3 Å². The van der Waals surface area contributed by atoms with Gasteiger partial charge in [-0.3, -0.25) is 0 Å². The summed E-state index contributed by atoms with van der Waals surface area (Å²) in [5.74, 6) is 0. The van der Waals surface area contributed by atoms with Crippen molar-refractivity contribution in [3.8, 4) is 0 Å². The van der Waals surface area contributed by atoms with Gasteiger partial charge in [0.25, 0.3) is 0 Å². The fourth-order valence-electron chi connectivity index (χ4n) is 4.61. The molecule has 2 fully saturated rings. The lowest BCUT2D eigenvalue weighted by atomic mass is 9.68. The maximum atomic E-state index is 6.06. The molecular weight excluding hydrogens is 316 g/mol. The highest BCUT2D eigenvalue weighted by Gasteiger charge is 2.32. The molecule has 1 saturated carbocycles. The third-order valence-electron chi connectivity index (χ3n) is 6.21. The van der Waals surface area contributed by atoms with Crippen LogP contribution in [0, 0.1) is 5.41 Å². The minimum atomic E-state index is 0.505. The molecule has 1 aliphatic heterocycles. The van der Waals surface area contributed by atoms with Crippen LogP contribution in [-0.4, -0.2) is 37.6 Å². The Hall–Kier alpha value is -0.570. The van der Waals surface area contributed by atoms with Crippen molar-refractivity contribution >= 4 is 11.6 Å². The third-order valence-corrected chi connectivity index (χ3v) is 6.47. The Morgan fingerprint density at radius 1 is 1.08 bits per heavy atom. The van der Waals surface area contributed by atoms with E-state index < -0.39 is 0 Å². The molecule has 0 radical (unpaired) electrons. The number of nitrogens with zero attached hydrogens (tertiary/aromatic N) is 1. The van der Waals surface area contributed by atoms with E-state index >= 15 is 0 Å². The van der Waals surface area contributed by atoms with E-state index in [4.69, 9.17) is 11.6 Å². The summed E-state index contributed by atoms with van der Waals surface area (Å²) in [4.78, 5) is 2.45. The lowest BCUT2D eigenvalue weighted by Gasteiger charge is -2.39. The van der Waals surface area contributed by atoms with Gasteiger partial charge < -0.3 is 10.2 Å². The molecular formula is C21H33ClN2. The summed E-state index contributed by atoms with van der Waals surface area (Å²) in [7, 11) is 2.24. The molecule has 2 nitrogen and oxygen atoms in total. The molecule has 134 valence electrons. The second-order valence-electron chi connectivity index (χ2n) is 8.15. The number of hydrogen-bond acceptors (Lipinski definition) is 2. The molecule has 0 spiro atoms. The quantitative estimate of drug-likeness (QED) is 0.786. The van der Waals surface area contributed by atoms with Crippen molar-refractivity contribution in [3.63, 3.8) is 0 Å². The van der Waals surface area contributed by atoms with Gasteiger partial charge in [0.15, 0.2) is 0 Å². The molecule has 0 unspecified atom stereocenters. The molecule has 3 heteroatoms. The molecule has 1 aromatic carbocycles. The summed E-state index contributed by atoms with van der Waals surface area (Å²) in [6.07, 6.45) is 12.2. The van der Waals surface area contributed by atoms with Crippen molar-refractivity contribution in [2.24, 2.45) is 5.41 Å². The predicted molar refractivity (Wildman–Crippen MR) is 104 cm³/mol. The molecule has 24 heavy (non-hydrogen) atoms. The van der Waals surface area contributed by atoms with Gasteiger partial charge in [0.2, 0.25) is 0 Å². The first-order valence-electron chi connectivity index (χ1n) is 9.82. The van der Waals surface area contributed by atoms with Crippen LogP contribution in [0.15, 0.2) is 24.3 Å². The van der Waals surface area contributed by atoms with Crippen LogP contribution in [0.25, 0.3) is 0 Å². The van der Waals surface area contributed by atoms with Crippen LogP contribution in [0.1, 0.15) is 56.9 Å². The molecule has 1 aliphatic carbocycles. The van der Waals surface area contributed by atoms with Gasteiger partial charge in [-0.15, -0.1) is 0 Å². The highest BCUT2D eigenvalue weighted by molar-refractivity contribution is 6.30. The molecule has 0 amide bonds. The molecule has 0 atom stereocenters. The van der Waals surface area contributed by atoms with Crippen molar-refractivity contribution in [1.82, 2.24) is 10.2 Å². The molecule has 0 aromatic heterocycles. The molecule has 1 saturated heterocycles. The van der Waals surface area contributed by atoms with E-state index in [1.165, 1.54) is 83.0 Å². The zero-order chi connectivity index (χ0) is 16.8. The zero-order valence-electron chi connectivity index (χ0n) is 15.2. The average molecular weight is 349 g/mol. The van der Waals surface area contributed by atoms with Crippen LogP contribution in [0.5, 0.6) is 0 Å². The number of rotatable bonds is 6. The maximum absolute atomic E-state index is 6.06. The molecule has 1 heterocycles. The highest BCUT2D eigenvalue weighted by atomic mass is 35.5. The first-order chi connectivity index (χ1) is 11.7. The smallest absolute Gasteiger partial charge is 0.0406 e. The van der Waals surface area contributed by atoms with Gasteiger partial charge in [0, 0.05) is 11.1 Å². The second-order valence-corrected chi connectivity index (χ2v) is 8.58. The predicted octanol–water partition coefficient (Wildman–Crippen LogP) is 4.91. The van der Waals surface area contributed by atoms with Crippen LogP contribution < -0.4 is 5.32 Å². The number of halogens is 1. The molecule has 0 bridgehead atoms. The monoisotopic (exact) mass is 348 g/mol. The summed E-state index contributed by atoms with van der Waals surface area (Å²) in [5.41, 5.74) is 1.96. The van der Waals surface area contributed by atoms with Gasteiger partial charge in [-0.2, -0.15) is 0 Å². The first kappa shape index (κ1) is 18.2. The van der Waals surface area contributed by atoms with E-state index in [0.29, 0.717) is 5.41 Å². The summed E-state index contributed by atoms with van der Waals surface area (Å²) in [5, 5.41) is 4.71. The van der Waals surface area contributed by atoms with Crippen LogP contribution in [0.4, 0.5) is 0 Å². The van der Waals surface area contributed by atoms with Crippen LogP contribution in [-0.2, 0) is 6.42 Å². The summed E-state index contributed by atoms with van der Waals surface area (Å²) < 4.78 is 0. The van der Waals surface area contributed by atoms with E-state index in [-0.39, 0.29) is 0 Å². The molecule has 2 aliphatic rings. The summed E-state index contributed by atoms with van der Waals surface area (Å²) >= 11 is 6.06. The zero-order valence-corrected chi connectivity index (χ0v) is 16.0. The second kappa shape index (κ2) is 8.69. The summed E-state index contributed by atoms with van der Waals surface area (Å²) in [6.45, 7) is 3.67. The van der Waals surface area contributed by atoms with Crippen molar-refractivity contribution in [2.75, 3.05) is 26.7 Å². The van der Waals surface area contributed by atoms with Crippen LogP contribution in [0.2, 0.25) is 5.02 Å². The van der Waals surface area contributed by atoms with E-state index in [1.54, 1.807) is 0 Å². The van der Waals surface area contributed by atoms with Gasteiger partial charge >= 0.3 is 0 Å². The van der Waals surface area contributed by atoms with Gasteiger partial charge in [0.05, 0.1) is 0 Å². The Morgan fingerprint density at radius 2 is 1.75 bits per heavy atom. The van der Waals surface area contributed by atoms with Gasteiger partial charge in [-0.1, -0.05) is 43.0 Å². The van der Waals surface area contributed by atoms with Crippen molar-refractivity contribution in [2.45, 2.75) is 63.8 Å². The van der Waals surface area contributed by atoms with E-state index in [2.05, 4.69) is 29.4 Å². The third kappa shape index (κ3) is 5.21. The molecule has 1 N–H and O–H groups in total. The van der Waals surface area contributed by atoms with Crippen molar-refractivity contribution < 1.29 is 0 Å². The van der Waals surface area contributed by atoms with Gasteiger partial charge in [-0.25, -0.2) is 0 Å². The largest absolute Gasteiger partial charge is 0.314 e. The van der Waals surface area contributed by atoms with Crippen LogP contribution >= 0.6 is 11.6 Å². The minimum Gasteiger partial charge on any atom is -0.314 e. The Balaban J connectivity index is 1.54. The normalized spacial score (nSPS) is 22.6.